The van der Waals surface area contributed by atoms with Crippen LogP contribution in [0.25, 0.3) is 0 Å². The van der Waals surface area contributed by atoms with Crippen LogP contribution in [0.15, 0.2) is 33.3 Å². The molecule has 0 saturated carbocycles. The Morgan fingerprint density at radius 1 is 1.32 bits per heavy atom. The van der Waals surface area contributed by atoms with Crippen molar-refractivity contribution in [3.63, 3.8) is 0 Å². The Bertz CT molecular complexity index is 1640. The highest BCUT2D eigenvalue weighted by Crippen LogP contribution is 2.41. The predicted octanol–water partition coefficient (Wildman–Crippen LogP) is -2.23. The minimum Gasteiger partial charge on any atom is -0.478 e. The van der Waals surface area contributed by atoms with Crippen molar-refractivity contribution in [3.05, 3.63) is 29.0 Å². The molecule has 0 radical (unpaired) electrons. The summed E-state index contributed by atoms with van der Waals surface area (Å²) in [5, 5.41) is 36.8. The number of oxime groups is 1. The Balaban J connectivity index is 1.36. The van der Waals surface area contributed by atoms with E-state index in [0.29, 0.717) is 49.7 Å². The normalized spacial score (nSPS) is 20.7. The van der Waals surface area contributed by atoms with Crippen LogP contribution in [0.5, 0.6) is 0 Å². The number of carboxylic acid groups (broad SMARTS) is 2. The van der Waals surface area contributed by atoms with Crippen LogP contribution in [0.2, 0.25) is 0 Å². The molecule has 5 rings (SSSR count). The van der Waals surface area contributed by atoms with Gasteiger partial charge in [0, 0.05) is 30.0 Å². The molecule has 47 heavy (non-hydrogen) atoms. The maximum atomic E-state index is 13.4. The van der Waals surface area contributed by atoms with Gasteiger partial charge in [0.2, 0.25) is 17.1 Å². The number of aromatic nitrogens is 2. The summed E-state index contributed by atoms with van der Waals surface area (Å²) in [4.78, 5) is 67.0. The third-order valence-corrected chi connectivity index (χ3v) is 9.32. The minimum atomic E-state index is -1.81. The number of hydrogen-bond acceptors (Lipinski definition) is 16. The minimum absolute atomic E-state index is 0.00680. The van der Waals surface area contributed by atoms with Gasteiger partial charge in [0.1, 0.15) is 22.8 Å². The lowest BCUT2D eigenvalue weighted by molar-refractivity contribution is -0.161. The first kappa shape index (κ1) is 33.4. The van der Waals surface area contributed by atoms with Crippen LogP contribution < -0.4 is 22.5 Å². The lowest BCUT2D eigenvalue weighted by Gasteiger charge is -2.49. The molecule has 1 fully saturated rings. The van der Waals surface area contributed by atoms with Gasteiger partial charge in [-0.05, 0) is 32.4 Å². The molecule has 2 atom stereocenters. The topological polar surface area (TPSA) is 295 Å². The zero-order valence-electron chi connectivity index (χ0n) is 25.2. The molecule has 1 aromatic rings. The van der Waals surface area contributed by atoms with Gasteiger partial charge in [-0.2, -0.15) is 9.36 Å². The van der Waals surface area contributed by atoms with Crippen LogP contribution in [-0.2, 0) is 24.0 Å². The smallest absolute Gasteiger partial charge is 0.352 e. The van der Waals surface area contributed by atoms with Gasteiger partial charge in [0.05, 0.1) is 19.6 Å². The molecule has 5 heterocycles. The molecular weight excluding hydrogens is 658 g/mol. The van der Waals surface area contributed by atoms with Gasteiger partial charge in [-0.25, -0.2) is 9.59 Å². The zero-order chi connectivity index (χ0) is 34.2. The van der Waals surface area contributed by atoms with Gasteiger partial charge < -0.3 is 42.5 Å². The van der Waals surface area contributed by atoms with Crippen molar-refractivity contribution in [2.75, 3.05) is 44.2 Å². The SMILES string of the molecule is CC(C)(ON=C(C(=O)N[C@@H]1C(=O)N2C(C(=O)O)=C(CN3C=C(N(CCCN)C(=N)N)C4=NCCN43)CS[C@H]12)c1nsc(N)n1)C(=O)O. The highest BCUT2D eigenvalue weighted by atomic mass is 32.2. The molecule has 20 nitrogen and oxygen atoms in total. The average molecular weight is 692 g/mol. The molecule has 252 valence electrons. The monoisotopic (exact) mass is 691 g/mol. The number of amides is 2. The first-order valence-corrected chi connectivity index (χ1v) is 16.0. The lowest BCUT2D eigenvalue weighted by atomic mass is 10.0. The summed E-state index contributed by atoms with van der Waals surface area (Å²) in [6.07, 6.45) is 2.33. The number of carbonyl (C=O) groups is 4. The number of nitrogens with two attached hydrogens (primary N) is 3. The Morgan fingerprint density at radius 2 is 2.06 bits per heavy atom. The number of carboxylic acids is 2. The molecule has 4 aliphatic rings. The number of nitrogens with zero attached hydrogens (tertiary/aromatic N) is 8. The second-order valence-electron chi connectivity index (χ2n) is 11.0. The number of aliphatic carboxylic acids is 2. The number of nitrogens with one attached hydrogen (secondary N) is 2. The molecule has 0 spiro atoms. The molecule has 0 aromatic carbocycles. The molecule has 0 bridgehead atoms. The maximum Gasteiger partial charge on any atom is 0.352 e. The molecule has 4 aliphatic heterocycles. The summed E-state index contributed by atoms with van der Waals surface area (Å²) in [5.41, 5.74) is 15.7. The lowest BCUT2D eigenvalue weighted by Crippen LogP contribution is -2.71. The molecule has 2 amide bonds. The number of carbonyl (C=O) groups excluding carboxylic acids is 2. The Labute approximate surface area is 275 Å². The number of aliphatic imine (C=N–C) groups is 1. The highest BCUT2D eigenvalue weighted by molar-refractivity contribution is 8.00. The molecule has 0 aliphatic carbocycles. The van der Waals surface area contributed by atoms with Crippen LogP contribution in [0, 0.1) is 5.41 Å². The first-order chi connectivity index (χ1) is 22.2. The van der Waals surface area contributed by atoms with Gasteiger partial charge in [-0.1, -0.05) is 5.16 Å². The van der Waals surface area contributed by atoms with Crippen molar-refractivity contribution in [2.45, 2.75) is 37.3 Å². The second-order valence-corrected chi connectivity index (χ2v) is 12.9. The van der Waals surface area contributed by atoms with E-state index in [1.165, 1.54) is 25.6 Å². The fourth-order valence-electron chi connectivity index (χ4n) is 5.04. The van der Waals surface area contributed by atoms with E-state index in [4.69, 9.17) is 27.4 Å². The summed E-state index contributed by atoms with van der Waals surface area (Å²) in [7, 11) is 0. The molecule has 0 unspecified atom stereocenters. The number of anilines is 1. The standard InChI is InChI=1S/C25H33N13O7S2/c1-25(2,22(43)44)45-33-13(16-32-24(29)47-34-16)18(39)31-14-19(40)38-15(21(41)42)11(10-46-20(14)38)8-35-9-12(17-30-5-7-37(17)35)36(23(27)28)6-3-4-26/h9,14,20H,3-8,10,26H2,1-2H3,(H3,27,28)(H,31,39)(H,41,42)(H,43,44)(H2,29,32,34)/t14-,20-/m1/s1. The number of fused-ring (bicyclic) bond motifs is 2. The molecule has 22 heteroatoms. The molecule has 10 N–H and O–H groups in total. The van der Waals surface area contributed by atoms with Gasteiger partial charge in [-0.15, -0.1) is 11.8 Å². The average Bonchev–Trinajstić information content (AvgIpc) is 3.74. The Kier molecular flexibility index (Phi) is 9.27. The first-order valence-electron chi connectivity index (χ1n) is 14.2. The zero-order valence-corrected chi connectivity index (χ0v) is 26.9. The molecular formula is C25H33N13O7S2. The van der Waals surface area contributed by atoms with Crippen LogP contribution in [0.4, 0.5) is 5.13 Å². The summed E-state index contributed by atoms with van der Waals surface area (Å²) in [5.74, 6) is -3.90. The summed E-state index contributed by atoms with van der Waals surface area (Å²) >= 11 is 2.02. The van der Waals surface area contributed by atoms with Crippen molar-refractivity contribution in [3.8, 4) is 0 Å². The van der Waals surface area contributed by atoms with Crippen molar-refractivity contribution in [1.29, 1.82) is 5.41 Å². The van der Waals surface area contributed by atoms with E-state index in [1.807, 2.05) is 5.01 Å². The fourth-order valence-corrected chi connectivity index (χ4v) is 6.81. The van der Waals surface area contributed by atoms with Crippen molar-refractivity contribution < 1.29 is 34.2 Å². The van der Waals surface area contributed by atoms with E-state index in [9.17, 15) is 29.4 Å². The Hall–Kier alpha value is -4.96. The van der Waals surface area contributed by atoms with Crippen molar-refractivity contribution >= 4 is 69.7 Å². The number of nitrogen functional groups attached to an aromatic ring is 1. The largest absolute Gasteiger partial charge is 0.478 e. The van der Waals surface area contributed by atoms with Crippen LogP contribution in [0.3, 0.4) is 0 Å². The second kappa shape index (κ2) is 13.0. The van der Waals surface area contributed by atoms with Gasteiger partial charge in [-0.3, -0.25) is 34.9 Å². The van der Waals surface area contributed by atoms with Crippen molar-refractivity contribution in [2.24, 2.45) is 21.6 Å². The van der Waals surface area contributed by atoms with E-state index < -0.39 is 46.5 Å². The summed E-state index contributed by atoms with van der Waals surface area (Å²) in [6, 6.07) is -1.14. The van der Waals surface area contributed by atoms with Gasteiger partial charge in [0.25, 0.3) is 11.8 Å². The van der Waals surface area contributed by atoms with Crippen molar-refractivity contribution in [1.82, 2.24) is 34.5 Å². The number of β-lactam (4-membered cyclic amide) rings is 1. The molecule has 1 saturated heterocycles. The summed E-state index contributed by atoms with van der Waals surface area (Å²) in [6.45, 7) is 4.36. The van der Waals surface area contributed by atoms with E-state index >= 15 is 0 Å². The fraction of sp³-hybridized carbons (Fsp3) is 0.480. The number of hydrazine groups is 1. The van der Waals surface area contributed by atoms with Crippen LogP contribution >= 0.6 is 23.3 Å². The highest BCUT2D eigenvalue weighted by Gasteiger charge is 2.55. The predicted molar refractivity (Wildman–Crippen MR) is 169 cm³/mol. The molecule has 1 aromatic heterocycles. The number of hydrogen-bond donors (Lipinski definition) is 7. The number of amidine groups is 1. The van der Waals surface area contributed by atoms with E-state index in [2.05, 4.69) is 24.8 Å². The van der Waals surface area contributed by atoms with E-state index in [1.54, 1.807) is 16.1 Å². The summed E-state index contributed by atoms with van der Waals surface area (Å²) < 4.78 is 3.94. The van der Waals surface area contributed by atoms with Crippen LogP contribution in [0.1, 0.15) is 26.1 Å². The van der Waals surface area contributed by atoms with E-state index in [0.717, 1.165) is 16.4 Å². The number of guanidine groups is 1. The van der Waals surface area contributed by atoms with Gasteiger partial charge >= 0.3 is 11.9 Å². The van der Waals surface area contributed by atoms with E-state index in [-0.39, 0.29) is 34.9 Å². The third-order valence-electron chi connectivity index (χ3n) is 7.43. The third kappa shape index (κ3) is 6.38. The van der Waals surface area contributed by atoms with Gasteiger partial charge in [0.15, 0.2) is 16.9 Å². The Morgan fingerprint density at radius 3 is 2.68 bits per heavy atom. The maximum absolute atomic E-state index is 13.4. The quantitative estimate of drug-likeness (QED) is 0.0498. The number of rotatable bonds is 13. The van der Waals surface area contributed by atoms with Crippen LogP contribution in [-0.4, -0.2) is 136 Å². The number of thioether (sulfide) groups is 1.